The molecule has 0 fully saturated rings. The maximum Gasteiger partial charge on any atom is 0.245 e. The van der Waals surface area contributed by atoms with Gasteiger partial charge in [-0.15, -0.1) is 0 Å². The van der Waals surface area contributed by atoms with E-state index in [4.69, 9.17) is 4.52 Å². The predicted molar refractivity (Wildman–Crippen MR) is 71.5 cm³/mol. The lowest BCUT2D eigenvalue weighted by Crippen LogP contribution is -2.00. The van der Waals surface area contributed by atoms with E-state index in [1.807, 2.05) is 0 Å². The maximum atomic E-state index is 5.18. The molecule has 0 saturated carbocycles. The smallest absolute Gasteiger partial charge is 0.245 e. The van der Waals surface area contributed by atoms with E-state index in [-0.39, 0.29) is 0 Å². The van der Waals surface area contributed by atoms with Gasteiger partial charge in [0.25, 0.3) is 0 Å². The molecular weight excluding hydrogens is 226 g/mol. The van der Waals surface area contributed by atoms with Gasteiger partial charge < -0.3 is 9.84 Å². The number of hydrogen-bond donors (Lipinski definition) is 1. The fourth-order valence-electron chi connectivity index (χ4n) is 1.94. The van der Waals surface area contributed by atoms with Gasteiger partial charge in [-0.1, -0.05) is 18.1 Å². The van der Waals surface area contributed by atoms with Gasteiger partial charge in [-0.2, -0.15) is 4.98 Å². The Labute approximate surface area is 107 Å². The lowest BCUT2D eigenvalue weighted by molar-refractivity contribution is 0.377. The molecule has 0 unspecified atom stereocenters. The largest absolute Gasteiger partial charge is 0.376 e. The number of benzene rings is 1. The predicted octanol–water partition coefficient (Wildman–Crippen LogP) is 3.25. The quantitative estimate of drug-likeness (QED) is 0.878. The van der Waals surface area contributed by atoms with Crippen LogP contribution >= 0.6 is 0 Å². The highest BCUT2D eigenvalue weighted by Gasteiger charge is 2.05. The Morgan fingerprint density at radius 2 is 1.89 bits per heavy atom. The number of rotatable bonds is 5. The zero-order valence-corrected chi connectivity index (χ0v) is 11.2. The van der Waals surface area contributed by atoms with Crippen LogP contribution in [-0.4, -0.2) is 10.1 Å². The van der Waals surface area contributed by atoms with Gasteiger partial charge in [-0.3, -0.25) is 0 Å². The summed E-state index contributed by atoms with van der Waals surface area (Å²) in [5.41, 5.74) is 3.58. The summed E-state index contributed by atoms with van der Waals surface area (Å²) >= 11 is 0. The van der Waals surface area contributed by atoms with Crippen LogP contribution in [0.5, 0.6) is 0 Å². The third kappa shape index (κ3) is 3.32. The Morgan fingerprint density at radius 3 is 2.56 bits per heavy atom. The summed E-state index contributed by atoms with van der Waals surface area (Å²) in [6.45, 7) is 6.85. The van der Waals surface area contributed by atoms with E-state index in [2.05, 4.69) is 54.4 Å². The van der Waals surface area contributed by atoms with Crippen molar-refractivity contribution in [3.05, 3.63) is 41.0 Å². The number of aryl methyl sites for hydroxylation is 3. The summed E-state index contributed by atoms with van der Waals surface area (Å²) in [6.07, 6.45) is 1.90. The summed E-state index contributed by atoms with van der Waals surface area (Å²) in [6, 6.07) is 6.36. The standard InChI is InChI=1S/C14H19N3O/c1-4-5-13-16-14(18-17-13)9-15-12-7-10(2)6-11(3)8-12/h6-8,15H,4-5,9H2,1-3H3. The molecule has 96 valence electrons. The van der Waals surface area contributed by atoms with Crippen molar-refractivity contribution in [2.45, 2.75) is 40.2 Å². The lowest BCUT2D eigenvalue weighted by Gasteiger charge is -2.06. The molecule has 0 aliphatic heterocycles. The average molecular weight is 245 g/mol. The van der Waals surface area contributed by atoms with Gasteiger partial charge in [0.05, 0.1) is 6.54 Å². The molecule has 1 N–H and O–H groups in total. The highest BCUT2D eigenvalue weighted by Crippen LogP contribution is 2.14. The number of aromatic nitrogens is 2. The van der Waals surface area contributed by atoms with Crippen molar-refractivity contribution < 1.29 is 4.52 Å². The van der Waals surface area contributed by atoms with Gasteiger partial charge in [0.1, 0.15) is 0 Å². The molecule has 4 nitrogen and oxygen atoms in total. The summed E-state index contributed by atoms with van der Waals surface area (Å²) in [5.74, 6) is 1.42. The van der Waals surface area contributed by atoms with Crippen molar-refractivity contribution in [3.63, 3.8) is 0 Å². The molecular formula is C14H19N3O. The molecule has 1 heterocycles. The van der Waals surface area contributed by atoms with Crippen LogP contribution in [0.3, 0.4) is 0 Å². The van der Waals surface area contributed by atoms with E-state index in [1.165, 1.54) is 11.1 Å². The molecule has 4 heteroatoms. The van der Waals surface area contributed by atoms with Crippen LogP contribution in [0.15, 0.2) is 22.7 Å². The highest BCUT2D eigenvalue weighted by molar-refractivity contribution is 5.48. The molecule has 0 radical (unpaired) electrons. The topological polar surface area (TPSA) is 51.0 Å². The van der Waals surface area contributed by atoms with Gasteiger partial charge >= 0.3 is 0 Å². The zero-order chi connectivity index (χ0) is 13.0. The van der Waals surface area contributed by atoms with Crippen molar-refractivity contribution in [2.75, 3.05) is 5.32 Å². The average Bonchev–Trinajstić information content (AvgIpc) is 2.74. The first kappa shape index (κ1) is 12.6. The van der Waals surface area contributed by atoms with E-state index >= 15 is 0 Å². The number of nitrogens with zero attached hydrogens (tertiary/aromatic N) is 2. The van der Waals surface area contributed by atoms with Gasteiger partial charge in [0.15, 0.2) is 5.82 Å². The van der Waals surface area contributed by atoms with E-state index in [0.717, 1.165) is 24.4 Å². The van der Waals surface area contributed by atoms with Crippen LogP contribution in [0, 0.1) is 13.8 Å². The Morgan fingerprint density at radius 1 is 1.17 bits per heavy atom. The van der Waals surface area contributed by atoms with E-state index in [0.29, 0.717) is 12.4 Å². The monoisotopic (exact) mass is 245 g/mol. The normalized spacial score (nSPS) is 10.6. The van der Waals surface area contributed by atoms with E-state index in [1.54, 1.807) is 0 Å². The summed E-state index contributed by atoms with van der Waals surface area (Å²) < 4.78 is 5.18. The van der Waals surface area contributed by atoms with Crippen LogP contribution in [0.1, 0.15) is 36.2 Å². The summed E-state index contributed by atoms with van der Waals surface area (Å²) in [5, 5.41) is 7.23. The first-order valence-electron chi connectivity index (χ1n) is 6.31. The molecule has 1 aromatic heterocycles. The minimum atomic E-state index is 0.569. The fraction of sp³-hybridized carbons (Fsp3) is 0.429. The molecule has 2 rings (SSSR count). The molecule has 0 aliphatic carbocycles. The SMILES string of the molecule is CCCc1noc(CNc2cc(C)cc(C)c2)n1. The van der Waals surface area contributed by atoms with Crippen molar-refractivity contribution in [2.24, 2.45) is 0 Å². The lowest BCUT2D eigenvalue weighted by atomic mass is 10.1. The molecule has 0 atom stereocenters. The maximum absolute atomic E-state index is 5.18. The minimum absolute atomic E-state index is 0.569. The Kier molecular flexibility index (Phi) is 3.97. The van der Waals surface area contributed by atoms with E-state index in [9.17, 15) is 0 Å². The molecule has 18 heavy (non-hydrogen) atoms. The number of anilines is 1. The van der Waals surface area contributed by atoms with Crippen LogP contribution in [0.4, 0.5) is 5.69 Å². The third-order valence-corrected chi connectivity index (χ3v) is 2.65. The first-order valence-corrected chi connectivity index (χ1v) is 6.31. The number of hydrogen-bond acceptors (Lipinski definition) is 4. The molecule has 0 aliphatic rings. The molecule has 0 amide bonds. The van der Waals surface area contributed by atoms with Crippen LogP contribution in [0.2, 0.25) is 0 Å². The van der Waals surface area contributed by atoms with Gasteiger partial charge in [-0.05, 0) is 43.5 Å². The third-order valence-electron chi connectivity index (χ3n) is 2.65. The Hall–Kier alpha value is -1.84. The van der Waals surface area contributed by atoms with Crippen LogP contribution in [0.25, 0.3) is 0 Å². The van der Waals surface area contributed by atoms with Crippen molar-refractivity contribution in [1.29, 1.82) is 0 Å². The highest BCUT2D eigenvalue weighted by atomic mass is 16.5. The summed E-state index contributed by atoms with van der Waals surface area (Å²) in [4.78, 5) is 4.32. The van der Waals surface area contributed by atoms with Crippen molar-refractivity contribution in [1.82, 2.24) is 10.1 Å². The van der Waals surface area contributed by atoms with Crippen LogP contribution < -0.4 is 5.32 Å². The zero-order valence-electron chi connectivity index (χ0n) is 11.2. The summed E-state index contributed by atoms with van der Waals surface area (Å²) in [7, 11) is 0. The van der Waals surface area contributed by atoms with E-state index < -0.39 is 0 Å². The molecule has 0 bridgehead atoms. The first-order chi connectivity index (χ1) is 8.67. The molecule has 2 aromatic rings. The second kappa shape index (κ2) is 5.67. The second-order valence-corrected chi connectivity index (χ2v) is 4.58. The fourth-order valence-corrected chi connectivity index (χ4v) is 1.94. The van der Waals surface area contributed by atoms with Crippen molar-refractivity contribution in [3.8, 4) is 0 Å². The molecule has 1 aromatic carbocycles. The van der Waals surface area contributed by atoms with Gasteiger partial charge in [0.2, 0.25) is 5.89 Å². The second-order valence-electron chi connectivity index (χ2n) is 4.58. The molecule has 0 saturated heterocycles. The molecule has 0 spiro atoms. The Bertz CT molecular complexity index is 499. The van der Waals surface area contributed by atoms with Gasteiger partial charge in [0, 0.05) is 12.1 Å². The number of nitrogens with one attached hydrogen (secondary N) is 1. The van der Waals surface area contributed by atoms with Gasteiger partial charge in [-0.25, -0.2) is 0 Å². The van der Waals surface area contributed by atoms with Crippen molar-refractivity contribution >= 4 is 5.69 Å². The Balaban J connectivity index is 1.97. The van der Waals surface area contributed by atoms with Crippen LogP contribution in [-0.2, 0) is 13.0 Å². The minimum Gasteiger partial charge on any atom is -0.376 e.